The average molecular weight is 192 g/mol. The molecule has 14 heavy (non-hydrogen) atoms. The van der Waals surface area contributed by atoms with Gasteiger partial charge in [-0.05, 0) is 20.2 Å². The molecule has 1 heterocycles. The predicted octanol–water partition coefficient (Wildman–Crippen LogP) is 1.36. The van der Waals surface area contributed by atoms with Crippen molar-refractivity contribution in [1.82, 2.24) is 9.96 Å². The molecular formula is C11H16N2O. The number of para-hydroxylation sites is 1. The quantitative estimate of drug-likeness (QED) is 0.719. The lowest BCUT2D eigenvalue weighted by Crippen LogP contribution is -2.30. The Kier molecular flexibility index (Phi) is 2.70. The molecular weight excluding hydrogens is 176 g/mol. The molecule has 0 radical (unpaired) electrons. The minimum absolute atomic E-state index is 0.907. The van der Waals surface area contributed by atoms with Crippen molar-refractivity contribution < 1.29 is 4.84 Å². The molecule has 0 fully saturated rings. The molecule has 0 saturated carbocycles. The summed E-state index contributed by atoms with van der Waals surface area (Å²) in [6.45, 7) is 2.87. The lowest BCUT2D eigenvalue weighted by Gasteiger charge is -2.17. The smallest absolute Gasteiger partial charge is 0.152 e. The highest BCUT2D eigenvalue weighted by Crippen LogP contribution is 2.26. The zero-order valence-electron chi connectivity index (χ0n) is 8.73. The van der Waals surface area contributed by atoms with E-state index in [4.69, 9.17) is 4.84 Å². The van der Waals surface area contributed by atoms with Crippen molar-refractivity contribution in [2.45, 2.75) is 6.54 Å². The van der Waals surface area contributed by atoms with E-state index >= 15 is 0 Å². The second-order valence-electron chi connectivity index (χ2n) is 3.87. The van der Waals surface area contributed by atoms with E-state index in [1.807, 2.05) is 17.2 Å². The van der Waals surface area contributed by atoms with E-state index in [1.54, 1.807) is 0 Å². The first-order chi connectivity index (χ1) is 6.75. The Labute approximate surface area is 84.8 Å². The Balaban J connectivity index is 1.92. The number of rotatable bonds is 3. The number of fused-ring (bicyclic) bond motifs is 1. The predicted molar refractivity (Wildman–Crippen MR) is 56.0 cm³/mol. The van der Waals surface area contributed by atoms with Crippen molar-refractivity contribution in [2.24, 2.45) is 0 Å². The van der Waals surface area contributed by atoms with E-state index in [9.17, 15) is 0 Å². The van der Waals surface area contributed by atoms with E-state index in [0.717, 1.165) is 25.4 Å². The molecule has 2 rings (SSSR count). The third kappa shape index (κ3) is 2.05. The molecule has 0 atom stereocenters. The Bertz CT molecular complexity index is 287. The third-order valence-corrected chi connectivity index (χ3v) is 2.34. The van der Waals surface area contributed by atoms with E-state index in [1.165, 1.54) is 5.56 Å². The van der Waals surface area contributed by atoms with Crippen LogP contribution < -0.4 is 4.84 Å². The molecule has 1 aliphatic heterocycles. The molecule has 0 bridgehead atoms. The summed E-state index contributed by atoms with van der Waals surface area (Å²) in [7, 11) is 4.15. The largest absolute Gasteiger partial charge is 0.405 e. The molecule has 0 N–H and O–H groups in total. The highest BCUT2D eigenvalue weighted by atomic mass is 16.7. The van der Waals surface area contributed by atoms with Crippen molar-refractivity contribution in [3.8, 4) is 5.75 Å². The van der Waals surface area contributed by atoms with Gasteiger partial charge in [0.1, 0.15) is 0 Å². The van der Waals surface area contributed by atoms with Gasteiger partial charge in [-0.15, -0.1) is 5.06 Å². The van der Waals surface area contributed by atoms with Crippen molar-refractivity contribution in [3.63, 3.8) is 0 Å². The van der Waals surface area contributed by atoms with Crippen LogP contribution in [0.4, 0.5) is 0 Å². The summed E-state index contributed by atoms with van der Waals surface area (Å²) in [4.78, 5) is 7.82. The maximum absolute atomic E-state index is 5.66. The summed E-state index contributed by atoms with van der Waals surface area (Å²) in [5, 5.41) is 2.00. The Morgan fingerprint density at radius 3 is 2.86 bits per heavy atom. The number of hydrogen-bond acceptors (Lipinski definition) is 3. The van der Waals surface area contributed by atoms with Gasteiger partial charge in [0.25, 0.3) is 0 Å². The lowest BCUT2D eigenvalue weighted by atomic mass is 10.2. The first-order valence-electron chi connectivity index (χ1n) is 4.91. The van der Waals surface area contributed by atoms with Gasteiger partial charge in [0.2, 0.25) is 0 Å². The first kappa shape index (κ1) is 9.49. The summed E-state index contributed by atoms with van der Waals surface area (Å²) >= 11 is 0. The number of benzene rings is 1. The Morgan fingerprint density at radius 1 is 1.36 bits per heavy atom. The highest BCUT2D eigenvalue weighted by Gasteiger charge is 2.19. The lowest BCUT2D eigenvalue weighted by molar-refractivity contribution is -0.0459. The van der Waals surface area contributed by atoms with E-state index in [0.29, 0.717) is 0 Å². The summed E-state index contributed by atoms with van der Waals surface area (Å²) in [5.41, 5.74) is 1.28. The third-order valence-electron chi connectivity index (χ3n) is 2.34. The molecule has 3 heteroatoms. The molecule has 0 aliphatic carbocycles. The fourth-order valence-electron chi connectivity index (χ4n) is 1.52. The summed E-state index contributed by atoms with van der Waals surface area (Å²) in [5.74, 6) is 1.01. The van der Waals surface area contributed by atoms with Crippen LogP contribution in [0.25, 0.3) is 0 Å². The molecule has 1 aromatic carbocycles. The molecule has 0 spiro atoms. The molecule has 0 unspecified atom stereocenters. The number of likely N-dealkylation sites (N-methyl/N-ethyl adjacent to an activating group) is 1. The molecule has 1 aromatic rings. The van der Waals surface area contributed by atoms with E-state index < -0.39 is 0 Å². The van der Waals surface area contributed by atoms with Gasteiger partial charge >= 0.3 is 0 Å². The maximum Gasteiger partial charge on any atom is 0.152 e. The van der Waals surface area contributed by atoms with Crippen LogP contribution in [0.1, 0.15) is 5.56 Å². The SMILES string of the molecule is CN(C)CCN1Cc2ccccc2O1. The molecule has 0 saturated heterocycles. The van der Waals surface area contributed by atoms with Crippen LogP contribution in [0, 0.1) is 0 Å². The van der Waals surface area contributed by atoms with E-state index in [2.05, 4.69) is 31.1 Å². The molecule has 1 aliphatic rings. The minimum atomic E-state index is 0.907. The van der Waals surface area contributed by atoms with Gasteiger partial charge in [-0.2, -0.15) is 0 Å². The van der Waals surface area contributed by atoms with Gasteiger partial charge < -0.3 is 9.74 Å². The molecule has 0 aromatic heterocycles. The number of hydrogen-bond donors (Lipinski definition) is 0. The monoisotopic (exact) mass is 192 g/mol. The van der Waals surface area contributed by atoms with Crippen LogP contribution in [-0.4, -0.2) is 37.1 Å². The van der Waals surface area contributed by atoms with Crippen LogP contribution in [0.15, 0.2) is 24.3 Å². The molecule has 76 valence electrons. The Morgan fingerprint density at radius 2 is 2.14 bits per heavy atom. The molecule has 0 amide bonds. The standard InChI is InChI=1S/C11H16N2O/c1-12(2)7-8-13-9-10-5-3-4-6-11(10)14-13/h3-6H,7-9H2,1-2H3. The zero-order chi connectivity index (χ0) is 9.97. The normalized spacial score (nSPS) is 15.6. The maximum atomic E-state index is 5.66. The van der Waals surface area contributed by atoms with Gasteiger partial charge in [-0.25, -0.2) is 0 Å². The first-order valence-corrected chi connectivity index (χ1v) is 4.91. The van der Waals surface area contributed by atoms with E-state index in [-0.39, 0.29) is 0 Å². The fourth-order valence-corrected chi connectivity index (χ4v) is 1.52. The molecule has 3 nitrogen and oxygen atoms in total. The minimum Gasteiger partial charge on any atom is -0.405 e. The van der Waals surface area contributed by atoms with Crippen LogP contribution in [0.2, 0.25) is 0 Å². The van der Waals surface area contributed by atoms with Gasteiger partial charge in [-0.3, -0.25) is 0 Å². The van der Waals surface area contributed by atoms with Crippen molar-refractivity contribution in [2.75, 3.05) is 27.2 Å². The van der Waals surface area contributed by atoms with Gasteiger partial charge in [0.05, 0.1) is 6.54 Å². The van der Waals surface area contributed by atoms with Crippen molar-refractivity contribution in [3.05, 3.63) is 29.8 Å². The van der Waals surface area contributed by atoms with Gasteiger partial charge in [0.15, 0.2) is 5.75 Å². The van der Waals surface area contributed by atoms with Crippen molar-refractivity contribution >= 4 is 0 Å². The zero-order valence-corrected chi connectivity index (χ0v) is 8.73. The second kappa shape index (κ2) is 3.98. The fraction of sp³-hybridized carbons (Fsp3) is 0.455. The highest BCUT2D eigenvalue weighted by molar-refractivity contribution is 5.34. The van der Waals surface area contributed by atoms with Gasteiger partial charge in [0, 0.05) is 18.7 Å². The Hall–Kier alpha value is -1.06. The van der Waals surface area contributed by atoms with Gasteiger partial charge in [-0.1, -0.05) is 18.2 Å². The summed E-state index contributed by atoms with van der Waals surface area (Å²) < 4.78 is 0. The van der Waals surface area contributed by atoms with Crippen LogP contribution in [0.5, 0.6) is 5.75 Å². The second-order valence-corrected chi connectivity index (χ2v) is 3.87. The van der Waals surface area contributed by atoms with Crippen LogP contribution in [-0.2, 0) is 6.54 Å². The topological polar surface area (TPSA) is 15.7 Å². The summed E-state index contributed by atoms with van der Waals surface area (Å²) in [6, 6.07) is 8.20. The number of hydroxylamine groups is 2. The van der Waals surface area contributed by atoms with Crippen LogP contribution >= 0.6 is 0 Å². The van der Waals surface area contributed by atoms with Crippen LogP contribution in [0.3, 0.4) is 0 Å². The average Bonchev–Trinajstić information content (AvgIpc) is 2.57. The van der Waals surface area contributed by atoms with Crippen molar-refractivity contribution in [1.29, 1.82) is 0 Å². The summed E-state index contributed by atoms with van der Waals surface area (Å²) in [6.07, 6.45) is 0. The number of nitrogens with zero attached hydrogens (tertiary/aromatic N) is 2.